The van der Waals surface area contributed by atoms with Gasteiger partial charge in [0.25, 0.3) is 0 Å². The molecule has 1 aliphatic heterocycles. The molecule has 1 aliphatic rings. The molecule has 0 bridgehead atoms. The number of carbonyl (C=O) groups excluding carboxylic acids is 1. The fourth-order valence-electron chi connectivity index (χ4n) is 2.94. The van der Waals surface area contributed by atoms with Gasteiger partial charge in [0.2, 0.25) is 0 Å². The third-order valence-electron chi connectivity index (χ3n) is 4.20. The van der Waals surface area contributed by atoms with Crippen LogP contribution in [0.2, 0.25) is 0 Å². The number of hydrogen-bond acceptors (Lipinski definition) is 2. The summed E-state index contributed by atoms with van der Waals surface area (Å²) in [6, 6.07) is 8.13. The van der Waals surface area contributed by atoms with Gasteiger partial charge < -0.3 is 15.0 Å². The molecule has 1 heterocycles. The van der Waals surface area contributed by atoms with Crippen LogP contribution in [-0.4, -0.2) is 36.2 Å². The van der Waals surface area contributed by atoms with Crippen LogP contribution in [0.15, 0.2) is 30.8 Å². The monoisotopic (exact) mass is 316 g/mol. The Morgan fingerprint density at radius 2 is 1.91 bits per heavy atom. The van der Waals surface area contributed by atoms with Crippen LogP contribution in [0.3, 0.4) is 0 Å². The minimum Gasteiger partial charge on any atom is -0.372 e. The maximum atomic E-state index is 12.6. The molecule has 126 valence electrons. The maximum Gasteiger partial charge on any atom is 0.318 e. The Labute approximate surface area is 139 Å². The highest BCUT2D eigenvalue weighted by Gasteiger charge is 2.30. The predicted octanol–water partition coefficient (Wildman–Crippen LogP) is 3.77. The highest BCUT2D eigenvalue weighted by atomic mass is 16.5. The molecule has 0 aromatic heterocycles. The van der Waals surface area contributed by atoms with E-state index in [4.69, 9.17) is 4.74 Å². The van der Waals surface area contributed by atoms with Gasteiger partial charge in [0.1, 0.15) is 0 Å². The van der Waals surface area contributed by atoms with Gasteiger partial charge in [-0.2, -0.15) is 0 Å². The number of nitrogens with zero attached hydrogens (tertiary/aromatic N) is 1. The standard InChI is InChI=1S/C19H28N2O2/c1-13(2)16-8-7-9-17(10-16)19(5,6)20-18(22)21-11-14(3)23-15(4)12-21/h7-10,14-15H,1,11-12H2,2-6H3,(H,20,22)/t14-,15-/m1/s1. The lowest BCUT2D eigenvalue weighted by molar-refractivity contribution is -0.0551. The fourth-order valence-corrected chi connectivity index (χ4v) is 2.94. The fraction of sp³-hybridized carbons (Fsp3) is 0.526. The van der Waals surface area contributed by atoms with Crippen LogP contribution in [-0.2, 0) is 10.3 Å². The number of amides is 2. The molecule has 4 heteroatoms. The molecular formula is C19H28N2O2. The average molecular weight is 316 g/mol. The number of benzene rings is 1. The highest BCUT2D eigenvalue weighted by molar-refractivity contribution is 5.75. The summed E-state index contributed by atoms with van der Waals surface area (Å²) in [4.78, 5) is 14.5. The van der Waals surface area contributed by atoms with Crippen molar-refractivity contribution in [2.75, 3.05) is 13.1 Å². The first kappa shape index (κ1) is 17.5. The molecule has 0 spiro atoms. The Balaban J connectivity index is 2.12. The molecule has 4 nitrogen and oxygen atoms in total. The van der Waals surface area contributed by atoms with E-state index in [1.807, 2.05) is 57.7 Å². The minimum atomic E-state index is -0.451. The number of hydrogen-bond donors (Lipinski definition) is 1. The van der Waals surface area contributed by atoms with Crippen LogP contribution in [0.25, 0.3) is 5.57 Å². The largest absolute Gasteiger partial charge is 0.372 e. The van der Waals surface area contributed by atoms with Gasteiger partial charge in [-0.05, 0) is 51.8 Å². The summed E-state index contributed by atoms with van der Waals surface area (Å²) in [5, 5.41) is 3.15. The van der Waals surface area contributed by atoms with Gasteiger partial charge in [0.05, 0.1) is 17.7 Å². The smallest absolute Gasteiger partial charge is 0.318 e. The zero-order valence-electron chi connectivity index (χ0n) is 14.8. The topological polar surface area (TPSA) is 41.6 Å². The van der Waals surface area contributed by atoms with Crippen molar-refractivity contribution < 1.29 is 9.53 Å². The first-order valence-electron chi connectivity index (χ1n) is 8.18. The van der Waals surface area contributed by atoms with Crippen LogP contribution in [0.4, 0.5) is 4.79 Å². The van der Waals surface area contributed by atoms with Crippen molar-refractivity contribution in [1.82, 2.24) is 10.2 Å². The molecule has 0 aliphatic carbocycles. The molecule has 0 unspecified atom stereocenters. The number of nitrogens with one attached hydrogen (secondary N) is 1. The number of carbonyl (C=O) groups is 1. The van der Waals surface area contributed by atoms with Crippen molar-refractivity contribution in [2.24, 2.45) is 0 Å². The second kappa shape index (κ2) is 6.75. The molecule has 1 aromatic rings. The van der Waals surface area contributed by atoms with E-state index >= 15 is 0 Å². The maximum absolute atomic E-state index is 12.6. The lowest BCUT2D eigenvalue weighted by atomic mass is 9.92. The Morgan fingerprint density at radius 3 is 2.48 bits per heavy atom. The van der Waals surface area contributed by atoms with E-state index in [0.717, 1.165) is 16.7 Å². The molecule has 2 amide bonds. The van der Waals surface area contributed by atoms with Gasteiger partial charge in [-0.25, -0.2) is 4.79 Å². The Bertz CT molecular complexity index is 585. The summed E-state index contributed by atoms with van der Waals surface area (Å²) in [6.45, 7) is 15.3. The van der Waals surface area contributed by atoms with Gasteiger partial charge in [-0.3, -0.25) is 0 Å². The first-order chi connectivity index (χ1) is 10.7. The summed E-state index contributed by atoms with van der Waals surface area (Å²) >= 11 is 0. The van der Waals surface area contributed by atoms with Crippen LogP contribution in [0.1, 0.15) is 45.7 Å². The lowest BCUT2D eigenvalue weighted by Crippen LogP contribution is -2.55. The molecule has 1 N–H and O–H groups in total. The number of rotatable bonds is 3. The number of morpholine rings is 1. The Morgan fingerprint density at radius 1 is 1.30 bits per heavy atom. The van der Waals surface area contributed by atoms with E-state index in [0.29, 0.717) is 13.1 Å². The quantitative estimate of drug-likeness (QED) is 0.922. The Kier molecular flexibility index (Phi) is 5.15. The number of urea groups is 1. The molecule has 1 fully saturated rings. The van der Waals surface area contributed by atoms with Crippen molar-refractivity contribution in [1.29, 1.82) is 0 Å². The van der Waals surface area contributed by atoms with E-state index in [-0.39, 0.29) is 18.2 Å². The van der Waals surface area contributed by atoms with E-state index in [1.165, 1.54) is 0 Å². The third-order valence-corrected chi connectivity index (χ3v) is 4.20. The van der Waals surface area contributed by atoms with Crippen molar-refractivity contribution in [3.63, 3.8) is 0 Å². The number of allylic oxidation sites excluding steroid dienone is 1. The van der Waals surface area contributed by atoms with Crippen LogP contribution in [0, 0.1) is 0 Å². The van der Waals surface area contributed by atoms with Gasteiger partial charge in [-0.1, -0.05) is 30.4 Å². The van der Waals surface area contributed by atoms with Gasteiger partial charge in [0.15, 0.2) is 0 Å². The second-order valence-corrected chi connectivity index (χ2v) is 7.08. The van der Waals surface area contributed by atoms with Crippen molar-refractivity contribution in [3.05, 3.63) is 42.0 Å². The zero-order chi connectivity index (χ0) is 17.2. The SMILES string of the molecule is C=C(C)c1cccc(C(C)(C)NC(=O)N2C[C@@H](C)O[C@H](C)C2)c1. The highest BCUT2D eigenvalue weighted by Crippen LogP contribution is 2.24. The van der Waals surface area contributed by atoms with E-state index in [1.54, 1.807) is 0 Å². The molecule has 1 aromatic carbocycles. The van der Waals surface area contributed by atoms with Crippen LogP contribution < -0.4 is 5.32 Å². The molecular weight excluding hydrogens is 288 g/mol. The van der Waals surface area contributed by atoms with Gasteiger partial charge in [0, 0.05) is 13.1 Å². The average Bonchev–Trinajstić information content (AvgIpc) is 2.46. The normalized spacial score (nSPS) is 21.9. The molecule has 2 atom stereocenters. The minimum absolute atomic E-state index is 0.0438. The van der Waals surface area contributed by atoms with Crippen LogP contribution in [0.5, 0.6) is 0 Å². The van der Waals surface area contributed by atoms with Crippen LogP contribution >= 0.6 is 0 Å². The summed E-state index contributed by atoms with van der Waals surface area (Å²) < 4.78 is 5.69. The molecule has 23 heavy (non-hydrogen) atoms. The number of ether oxygens (including phenoxy) is 1. The summed E-state index contributed by atoms with van der Waals surface area (Å²) in [6.07, 6.45) is 0.138. The summed E-state index contributed by atoms with van der Waals surface area (Å²) in [5.41, 5.74) is 2.73. The van der Waals surface area contributed by atoms with E-state index in [9.17, 15) is 4.79 Å². The van der Waals surface area contributed by atoms with E-state index in [2.05, 4.69) is 18.0 Å². The summed E-state index contributed by atoms with van der Waals surface area (Å²) in [7, 11) is 0. The Hall–Kier alpha value is -1.81. The van der Waals surface area contributed by atoms with Crippen molar-refractivity contribution >= 4 is 11.6 Å². The molecule has 0 radical (unpaired) electrons. The summed E-state index contributed by atoms with van der Waals surface area (Å²) in [5.74, 6) is 0. The molecule has 1 saturated heterocycles. The third kappa shape index (κ3) is 4.35. The van der Waals surface area contributed by atoms with E-state index < -0.39 is 5.54 Å². The molecule has 0 saturated carbocycles. The lowest BCUT2D eigenvalue weighted by Gasteiger charge is -2.38. The zero-order valence-corrected chi connectivity index (χ0v) is 14.8. The predicted molar refractivity (Wildman–Crippen MR) is 94.3 cm³/mol. The van der Waals surface area contributed by atoms with Crippen molar-refractivity contribution in [3.8, 4) is 0 Å². The van der Waals surface area contributed by atoms with Gasteiger partial charge >= 0.3 is 6.03 Å². The van der Waals surface area contributed by atoms with Gasteiger partial charge in [-0.15, -0.1) is 0 Å². The second-order valence-electron chi connectivity index (χ2n) is 7.08. The first-order valence-corrected chi connectivity index (χ1v) is 8.18. The molecule has 2 rings (SSSR count). The van der Waals surface area contributed by atoms with Crippen molar-refractivity contribution in [2.45, 2.75) is 52.4 Å².